The fourth-order valence-corrected chi connectivity index (χ4v) is 3.36. The Labute approximate surface area is 154 Å². The van der Waals surface area contributed by atoms with Crippen LogP contribution in [-0.2, 0) is 4.79 Å². The van der Waals surface area contributed by atoms with E-state index in [0.717, 1.165) is 21.1 Å². The van der Waals surface area contributed by atoms with E-state index in [2.05, 4.69) is 15.0 Å². The highest BCUT2D eigenvalue weighted by Crippen LogP contribution is 2.31. The maximum Gasteiger partial charge on any atom is 0.280 e. The van der Waals surface area contributed by atoms with Crippen molar-refractivity contribution in [3.63, 3.8) is 0 Å². The van der Waals surface area contributed by atoms with Crippen LogP contribution in [0.15, 0.2) is 59.9 Å². The molecule has 2 heterocycles. The van der Waals surface area contributed by atoms with Crippen molar-refractivity contribution < 1.29 is 4.79 Å². The van der Waals surface area contributed by atoms with Crippen molar-refractivity contribution in [2.45, 2.75) is 6.92 Å². The molecule has 0 fully saturated rings. The molecule has 6 nitrogen and oxygen atoms in total. The lowest BCUT2D eigenvalue weighted by Crippen LogP contribution is -2.24. The molecule has 7 heteroatoms. The van der Waals surface area contributed by atoms with Crippen LogP contribution >= 0.6 is 11.3 Å². The number of thiazole rings is 1. The van der Waals surface area contributed by atoms with Crippen molar-refractivity contribution in [1.82, 2.24) is 9.97 Å². The van der Waals surface area contributed by atoms with Crippen LogP contribution in [0.4, 0.5) is 0 Å². The molecule has 0 atom stereocenters. The van der Waals surface area contributed by atoms with E-state index in [1.165, 1.54) is 11.3 Å². The lowest BCUT2D eigenvalue weighted by atomic mass is 10.1. The van der Waals surface area contributed by atoms with Gasteiger partial charge in [0.25, 0.3) is 5.91 Å². The molecule has 2 aromatic heterocycles. The molecule has 4 N–H and O–H groups in total. The zero-order valence-electron chi connectivity index (χ0n) is 14.1. The topological polar surface area (TPSA) is 107 Å². The molecule has 0 bridgehead atoms. The third-order valence-electron chi connectivity index (χ3n) is 3.56. The molecule has 0 saturated carbocycles. The average Bonchev–Trinajstić information content (AvgIpc) is 3.01. The standard InChI is InChI=1S/C19H17N5OS/c1-12-16(26-18(23-12)13-6-3-2-4-7-13)10-15(17(25)24-19(20)21)14-8-5-9-22-11-14/h2-11H,1H3,(H4,20,21,24,25)/b15-10+. The average molecular weight is 363 g/mol. The number of nitrogens with two attached hydrogens (primary N) is 2. The lowest BCUT2D eigenvalue weighted by molar-refractivity contribution is -0.112. The van der Waals surface area contributed by atoms with Crippen LogP contribution in [0.2, 0.25) is 0 Å². The number of aliphatic imine (C=N–C) groups is 1. The maximum absolute atomic E-state index is 12.5. The number of rotatable bonds is 4. The summed E-state index contributed by atoms with van der Waals surface area (Å²) >= 11 is 1.50. The van der Waals surface area contributed by atoms with E-state index in [1.54, 1.807) is 30.6 Å². The number of guanidine groups is 1. The van der Waals surface area contributed by atoms with Crippen molar-refractivity contribution in [2.24, 2.45) is 16.5 Å². The molecule has 0 aliphatic rings. The van der Waals surface area contributed by atoms with Gasteiger partial charge in [-0.05, 0) is 19.1 Å². The highest BCUT2D eigenvalue weighted by Gasteiger charge is 2.15. The summed E-state index contributed by atoms with van der Waals surface area (Å²) in [5, 5.41) is 0.883. The zero-order valence-corrected chi connectivity index (χ0v) is 14.9. The summed E-state index contributed by atoms with van der Waals surface area (Å²) in [4.78, 5) is 25.7. The zero-order chi connectivity index (χ0) is 18.5. The number of carbonyl (C=O) groups is 1. The van der Waals surface area contributed by atoms with Crippen LogP contribution in [0.3, 0.4) is 0 Å². The molecule has 0 unspecified atom stereocenters. The molecule has 1 aromatic carbocycles. The summed E-state index contributed by atoms with van der Waals surface area (Å²) in [5.41, 5.74) is 13.6. The van der Waals surface area contributed by atoms with Crippen LogP contribution in [-0.4, -0.2) is 21.8 Å². The predicted octanol–water partition coefficient (Wildman–Crippen LogP) is 2.85. The second-order valence-electron chi connectivity index (χ2n) is 5.48. The molecule has 0 aliphatic heterocycles. The molecular formula is C19H17N5OS. The fraction of sp³-hybridized carbons (Fsp3) is 0.0526. The number of aryl methyl sites for hydroxylation is 1. The number of amides is 1. The SMILES string of the molecule is Cc1nc(-c2ccccc2)sc1/C=C(/C(=O)N=C(N)N)c1cccnc1. The highest BCUT2D eigenvalue weighted by molar-refractivity contribution is 7.16. The van der Waals surface area contributed by atoms with Gasteiger partial charge in [-0.15, -0.1) is 11.3 Å². The van der Waals surface area contributed by atoms with Crippen LogP contribution in [0.25, 0.3) is 22.2 Å². The minimum Gasteiger partial charge on any atom is -0.370 e. The van der Waals surface area contributed by atoms with Gasteiger partial charge in [0, 0.05) is 23.5 Å². The van der Waals surface area contributed by atoms with E-state index < -0.39 is 5.91 Å². The van der Waals surface area contributed by atoms with Crippen LogP contribution in [0.1, 0.15) is 16.1 Å². The van der Waals surface area contributed by atoms with Crippen LogP contribution in [0, 0.1) is 6.92 Å². The summed E-state index contributed by atoms with van der Waals surface area (Å²) in [5.74, 6) is -0.803. The molecular weight excluding hydrogens is 346 g/mol. The van der Waals surface area contributed by atoms with Gasteiger partial charge >= 0.3 is 0 Å². The van der Waals surface area contributed by atoms with E-state index in [0.29, 0.717) is 11.1 Å². The Kier molecular flexibility index (Phi) is 5.19. The number of benzene rings is 1. The van der Waals surface area contributed by atoms with Gasteiger partial charge < -0.3 is 11.5 Å². The third-order valence-corrected chi connectivity index (χ3v) is 4.72. The first-order valence-corrected chi connectivity index (χ1v) is 8.65. The third kappa shape index (κ3) is 4.01. The number of nitrogens with zero attached hydrogens (tertiary/aromatic N) is 3. The molecule has 3 rings (SSSR count). The van der Waals surface area contributed by atoms with Crippen molar-refractivity contribution in [2.75, 3.05) is 0 Å². The van der Waals surface area contributed by atoms with Gasteiger partial charge in [-0.1, -0.05) is 36.4 Å². The Bertz CT molecular complexity index is 974. The van der Waals surface area contributed by atoms with Crippen molar-refractivity contribution in [1.29, 1.82) is 0 Å². The summed E-state index contributed by atoms with van der Waals surface area (Å²) < 4.78 is 0. The van der Waals surface area contributed by atoms with Gasteiger partial charge in [0.05, 0.1) is 16.1 Å². The summed E-state index contributed by atoms with van der Waals surface area (Å²) in [6.45, 7) is 1.90. The minimum atomic E-state index is -0.521. The minimum absolute atomic E-state index is 0.282. The van der Waals surface area contributed by atoms with Gasteiger partial charge in [0.1, 0.15) is 5.01 Å². The fourth-order valence-electron chi connectivity index (χ4n) is 2.35. The summed E-state index contributed by atoms with van der Waals surface area (Å²) in [7, 11) is 0. The number of aromatic nitrogens is 2. The maximum atomic E-state index is 12.5. The highest BCUT2D eigenvalue weighted by atomic mass is 32.1. The Balaban J connectivity index is 2.07. The molecule has 3 aromatic rings. The monoisotopic (exact) mass is 363 g/mol. The number of hydrogen-bond acceptors (Lipinski definition) is 4. The molecule has 0 radical (unpaired) electrons. The molecule has 0 spiro atoms. The van der Waals surface area contributed by atoms with E-state index in [4.69, 9.17) is 11.5 Å². The second kappa shape index (κ2) is 7.71. The normalized spacial score (nSPS) is 11.2. The Morgan fingerprint density at radius 1 is 1.15 bits per heavy atom. The summed E-state index contributed by atoms with van der Waals surface area (Å²) in [6.07, 6.45) is 4.99. The largest absolute Gasteiger partial charge is 0.370 e. The number of carbonyl (C=O) groups excluding carboxylic acids is 1. The van der Waals surface area contributed by atoms with Crippen molar-refractivity contribution in [3.8, 4) is 10.6 Å². The van der Waals surface area contributed by atoms with E-state index in [9.17, 15) is 4.79 Å². The molecule has 130 valence electrons. The molecule has 26 heavy (non-hydrogen) atoms. The second-order valence-corrected chi connectivity index (χ2v) is 6.51. The summed E-state index contributed by atoms with van der Waals surface area (Å²) in [6, 6.07) is 13.4. The Morgan fingerprint density at radius 2 is 1.92 bits per heavy atom. The lowest BCUT2D eigenvalue weighted by Gasteiger charge is -2.03. The van der Waals surface area contributed by atoms with Gasteiger partial charge in [0.15, 0.2) is 5.96 Å². The van der Waals surface area contributed by atoms with Gasteiger partial charge in [0.2, 0.25) is 0 Å². The smallest absolute Gasteiger partial charge is 0.280 e. The van der Waals surface area contributed by atoms with Crippen molar-refractivity contribution in [3.05, 3.63) is 71.0 Å². The van der Waals surface area contributed by atoms with E-state index in [-0.39, 0.29) is 5.96 Å². The van der Waals surface area contributed by atoms with Crippen LogP contribution < -0.4 is 11.5 Å². The molecule has 1 amide bonds. The molecule has 0 saturated heterocycles. The number of hydrogen-bond donors (Lipinski definition) is 2. The van der Waals surface area contributed by atoms with E-state index in [1.807, 2.05) is 37.3 Å². The van der Waals surface area contributed by atoms with E-state index >= 15 is 0 Å². The first kappa shape index (κ1) is 17.5. The quantitative estimate of drug-likeness (QED) is 0.421. The predicted molar refractivity (Wildman–Crippen MR) is 105 cm³/mol. The number of pyridine rings is 1. The Morgan fingerprint density at radius 3 is 2.58 bits per heavy atom. The van der Waals surface area contributed by atoms with Crippen molar-refractivity contribution >= 4 is 34.9 Å². The van der Waals surface area contributed by atoms with Gasteiger partial charge in [-0.25, -0.2) is 4.98 Å². The first-order valence-electron chi connectivity index (χ1n) is 7.83. The Hall–Kier alpha value is -3.32. The van der Waals surface area contributed by atoms with Gasteiger partial charge in [-0.2, -0.15) is 4.99 Å². The van der Waals surface area contributed by atoms with Crippen LogP contribution in [0.5, 0.6) is 0 Å². The molecule has 0 aliphatic carbocycles. The first-order chi connectivity index (χ1) is 12.5. The van der Waals surface area contributed by atoms with Gasteiger partial charge in [-0.3, -0.25) is 9.78 Å².